The van der Waals surface area contributed by atoms with E-state index in [0.29, 0.717) is 18.8 Å². The molecular formula is C24H24N2O4S. The quantitative estimate of drug-likeness (QED) is 0.594. The molecule has 0 radical (unpaired) electrons. The van der Waals surface area contributed by atoms with Crippen molar-refractivity contribution in [3.05, 3.63) is 83.8 Å². The molecule has 3 aromatic carbocycles. The second-order valence-corrected chi connectivity index (χ2v) is 9.15. The fraction of sp³-hybridized carbons (Fsp3) is 0.208. The lowest BCUT2D eigenvalue weighted by Crippen LogP contribution is -2.51. The number of amides is 1. The fourth-order valence-electron chi connectivity index (χ4n) is 3.50. The number of ether oxygens (including phenoxy) is 1. The number of sulfonamides is 1. The fourth-order valence-corrected chi connectivity index (χ4v) is 4.67. The van der Waals surface area contributed by atoms with E-state index in [2.05, 4.69) is 0 Å². The Labute approximate surface area is 182 Å². The molecule has 1 aliphatic heterocycles. The predicted octanol–water partition coefficient (Wildman–Crippen LogP) is 3.36. The Morgan fingerprint density at radius 3 is 2.29 bits per heavy atom. The minimum absolute atomic E-state index is 0.0704. The van der Waals surface area contributed by atoms with Gasteiger partial charge in [0, 0.05) is 31.6 Å². The van der Waals surface area contributed by atoms with Gasteiger partial charge < -0.3 is 9.64 Å². The Kier molecular flexibility index (Phi) is 6.34. The number of fused-ring (bicyclic) bond motifs is 1. The molecule has 0 saturated carbocycles. The van der Waals surface area contributed by atoms with Crippen LogP contribution in [0.4, 0.5) is 0 Å². The number of carbonyl (C=O) groups is 1. The summed E-state index contributed by atoms with van der Waals surface area (Å²) in [6.07, 6.45) is 1.59. The minimum atomic E-state index is -3.52. The maximum absolute atomic E-state index is 12.6. The molecule has 0 N–H and O–H groups in total. The molecule has 0 spiro atoms. The standard InChI is InChI=1S/C24H24N2O4S/c27-24(19-30-23-11-10-21-8-4-5-9-22(21)18-23)25-13-15-26(16-14-25)31(28,29)17-12-20-6-2-1-3-7-20/h1-12,17-18H,13-16,19H2/b17-12+. The zero-order valence-electron chi connectivity index (χ0n) is 17.1. The Bertz CT molecular complexity index is 1180. The number of rotatable bonds is 6. The van der Waals surface area contributed by atoms with Gasteiger partial charge in [0.25, 0.3) is 5.91 Å². The van der Waals surface area contributed by atoms with Gasteiger partial charge in [0.1, 0.15) is 5.75 Å². The molecule has 0 atom stereocenters. The summed E-state index contributed by atoms with van der Waals surface area (Å²) < 4.78 is 32.2. The molecule has 1 saturated heterocycles. The van der Waals surface area contributed by atoms with Crippen LogP contribution in [-0.4, -0.2) is 56.3 Å². The van der Waals surface area contributed by atoms with Crippen LogP contribution >= 0.6 is 0 Å². The molecule has 0 aliphatic carbocycles. The Morgan fingerprint density at radius 2 is 1.55 bits per heavy atom. The van der Waals surface area contributed by atoms with Crippen LogP contribution in [0.5, 0.6) is 5.75 Å². The van der Waals surface area contributed by atoms with Crippen LogP contribution in [-0.2, 0) is 14.8 Å². The van der Waals surface area contributed by atoms with Gasteiger partial charge in [-0.05, 0) is 34.5 Å². The lowest BCUT2D eigenvalue weighted by atomic mass is 10.1. The smallest absolute Gasteiger partial charge is 0.260 e. The van der Waals surface area contributed by atoms with E-state index in [1.165, 1.54) is 9.71 Å². The van der Waals surface area contributed by atoms with Crippen LogP contribution in [0.15, 0.2) is 78.2 Å². The van der Waals surface area contributed by atoms with Crippen molar-refractivity contribution >= 4 is 32.8 Å². The number of hydrogen-bond donors (Lipinski definition) is 0. The van der Waals surface area contributed by atoms with Gasteiger partial charge in [-0.15, -0.1) is 0 Å². The summed E-state index contributed by atoms with van der Waals surface area (Å²) >= 11 is 0. The van der Waals surface area contributed by atoms with Gasteiger partial charge in [0.15, 0.2) is 6.61 Å². The van der Waals surface area contributed by atoms with Crippen LogP contribution in [0.3, 0.4) is 0 Å². The summed E-state index contributed by atoms with van der Waals surface area (Å²) in [5, 5.41) is 3.39. The highest BCUT2D eigenvalue weighted by Gasteiger charge is 2.27. The molecule has 7 heteroatoms. The van der Waals surface area contributed by atoms with Gasteiger partial charge in [0.05, 0.1) is 0 Å². The van der Waals surface area contributed by atoms with Crippen molar-refractivity contribution in [2.24, 2.45) is 0 Å². The summed E-state index contributed by atoms with van der Waals surface area (Å²) in [5.41, 5.74) is 0.825. The summed E-state index contributed by atoms with van der Waals surface area (Å²) in [6.45, 7) is 1.15. The Hall–Kier alpha value is -3.16. The van der Waals surface area contributed by atoms with Crippen molar-refractivity contribution in [1.29, 1.82) is 0 Å². The maximum Gasteiger partial charge on any atom is 0.260 e. The SMILES string of the molecule is O=C(COc1ccc2ccccc2c1)N1CCN(S(=O)(=O)/C=C/c2ccccc2)CC1. The molecule has 1 aliphatic rings. The lowest BCUT2D eigenvalue weighted by molar-refractivity contribution is -0.134. The third kappa shape index (κ3) is 5.31. The van der Waals surface area contributed by atoms with E-state index >= 15 is 0 Å². The molecule has 3 aromatic rings. The van der Waals surface area contributed by atoms with E-state index in [9.17, 15) is 13.2 Å². The monoisotopic (exact) mass is 436 g/mol. The van der Waals surface area contributed by atoms with Crippen molar-refractivity contribution in [2.45, 2.75) is 0 Å². The number of piperazine rings is 1. The Morgan fingerprint density at radius 1 is 0.871 bits per heavy atom. The molecule has 0 unspecified atom stereocenters. The molecule has 31 heavy (non-hydrogen) atoms. The van der Waals surface area contributed by atoms with Crippen LogP contribution in [0.1, 0.15) is 5.56 Å². The second kappa shape index (κ2) is 9.32. The van der Waals surface area contributed by atoms with Gasteiger partial charge in [0.2, 0.25) is 10.0 Å². The molecular weight excluding hydrogens is 412 g/mol. The van der Waals surface area contributed by atoms with E-state index in [4.69, 9.17) is 4.74 Å². The zero-order chi connectivity index (χ0) is 21.7. The van der Waals surface area contributed by atoms with Crippen molar-refractivity contribution in [3.8, 4) is 5.75 Å². The maximum atomic E-state index is 12.6. The normalized spacial score (nSPS) is 15.4. The van der Waals surface area contributed by atoms with Gasteiger partial charge in [-0.2, -0.15) is 4.31 Å². The first kappa shape index (κ1) is 21.1. The van der Waals surface area contributed by atoms with E-state index in [-0.39, 0.29) is 25.6 Å². The highest BCUT2D eigenvalue weighted by atomic mass is 32.2. The lowest BCUT2D eigenvalue weighted by Gasteiger charge is -2.33. The van der Waals surface area contributed by atoms with Crippen molar-refractivity contribution < 1.29 is 17.9 Å². The molecule has 1 fully saturated rings. The molecule has 1 heterocycles. The van der Waals surface area contributed by atoms with Gasteiger partial charge >= 0.3 is 0 Å². The summed E-state index contributed by atoms with van der Waals surface area (Å²) in [4.78, 5) is 14.2. The van der Waals surface area contributed by atoms with Crippen LogP contribution < -0.4 is 4.74 Å². The largest absolute Gasteiger partial charge is 0.484 e. The highest BCUT2D eigenvalue weighted by Crippen LogP contribution is 2.20. The highest BCUT2D eigenvalue weighted by molar-refractivity contribution is 7.92. The number of benzene rings is 3. The van der Waals surface area contributed by atoms with E-state index in [1.807, 2.05) is 72.8 Å². The van der Waals surface area contributed by atoms with Crippen molar-refractivity contribution in [3.63, 3.8) is 0 Å². The second-order valence-electron chi connectivity index (χ2n) is 7.34. The van der Waals surface area contributed by atoms with Crippen molar-refractivity contribution in [1.82, 2.24) is 9.21 Å². The average molecular weight is 437 g/mol. The van der Waals surface area contributed by atoms with Crippen LogP contribution in [0, 0.1) is 0 Å². The number of nitrogens with zero attached hydrogens (tertiary/aromatic N) is 2. The third-order valence-corrected chi connectivity index (χ3v) is 6.83. The molecule has 0 bridgehead atoms. The van der Waals surface area contributed by atoms with Gasteiger partial charge in [-0.3, -0.25) is 4.79 Å². The first-order valence-corrected chi connectivity index (χ1v) is 11.6. The molecule has 1 amide bonds. The molecule has 160 valence electrons. The molecule has 4 rings (SSSR count). The predicted molar refractivity (Wildman–Crippen MR) is 122 cm³/mol. The summed E-state index contributed by atoms with van der Waals surface area (Å²) in [7, 11) is -3.52. The third-order valence-electron chi connectivity index (χ3n) is 5.27. The van der Waals surface area contributed by atoms with E-state index < -0.39 is 10.0 Å². The summed E-state index contributed by atoms with van der Waals surface area (Å²) in [6, 6.07) is 23.0. The van der Waals surface area contributed by atoms with Crippen LogP contribution in [0.25, 0.3) is 16.8 Å². The van der Waals surface area contributed by atoms with E-state index in [1.54, 1.807) is 11.0 Å². The first-order valence-electron chi connectivity index (χ1n) is 10.1. The summed E-state index contributed by atoms with van der Waals surface area (Å²) in [5.74, 6) is 0.490. The van der Waals surface area contributed by atoms with Gasteiger partial charge in [-0.1, -0.05) is 60.7 Å². The minimum Gasteiger partial charge on any atom is -0.484 e. The first-order chi connectivity index (χ1) is 15.0. The Balaban J connectivity index is 1.29. The molecule has 0 aromatic heterocycles. The topological polar surface area (TPSA) is 66.9 Å². The van der Waals surface area contributed by atoms with Crippen LogP contribution in [0.2, 0.25) is 0 Å². The number of carbonyl (C=O) groups excluding carboxylic acids is 1. The van der Waals surface area contributed by atoms with E-state index in [0.717, 1.165) is 16.3 Å². The average Bonchev–Trinajstić information content (AvgIpc) is 2.82. The molecule has 6 nitrogen and oxygen atoms in total. The zero-order valence-corrected chi connectivity index (χ0v) is 17.9. The van der Waals surface area contributed by atoms with Crippen molar-refractivity contribution in [2.75, 3.05) is 32.8 Å². The van der Waals surface area contributed by atoms with Gasteiger partial charge in [-0.25, -0.2) is 8.42 Å². The number of hydrogen-bond acceptors (Lipinski definition) is 4.